The molecule has 0 bridgehead atoms. The molecule has 0 saturated heterocycles. The van der Waals surface area contributed by atoms with Gasteiger partial charge in [-0.05, 0) is 24.8 Å². The highest BCUT2D eigenvalue weighted by atomic mass is 79.9. The van der Waals surface area contributed by atoms with Crippen molar-refractivity contribution in [2.45, 2.75) is 19.8 Å². The summed E-state index contributed by atoms with van der Waals surface area (Å²) in [5, 5.41) is 14.3. The number of carbonyl (C=O) groups excluding carboxylic acids is 1. The normalized spacial score (nSPS) is 11.9. The van der Waals surface area contributed by atoms with Crippen molar-refractivity contribution >= 4 is 27.5 Å². The summed E-state index contributed by atoms with van der Waals surface area (Å²) in [5.41, 5.74) is 0.253. The van der Waals surface area contributed by atoms with E-state index in [1.54, 1.807) is 6.07 Å². The Labute approximate surface area is 120 Å². The Morgan fingerprint density at radius 3 is 2.89 bits per heavy atom. The van der Waals surface area contributed by atoms with Crippen LogP contribution in [0.25, 0.3) is 0 Å². The maximum absolute atomic E-state index is 11.8. The number of alkyl halides is 1. The Morgan fingerprint density at radius 1 is 1.53 bits per heavy atom. The van der Waals surface area contributed by atoms with E-state index in [0.29, 0.717) is 18.0 Å². The van der Waals surface area contributed by atoms with Crippen molar-refractivity contribution in [2.24, 2.45) is 5.92 Å². The zero-order valence-electron chi connectivity index (χ0n) is 10.8. The van der Waals surface area contributed by atoms with Gasteiger partial charge in [-0.1, -0.05) is 28.9 Å². The number of nitro groups is 1. The standard InChI is InChI=1S/C13H17BrN2O3/c1-10(9-14)4-3-7-15-13(17)11-5-2-6-12(8-11)16(18)19/h2,5-6,8,10H,3-4,7,9H2,1H3,(H,15,17). The van der Waals surface area contributed by atoms with Crippen molar-refractivity contribution in [1.82, 2.24) is 5.32 Å². The second-order valence-corrected chi connectivity index (χ2v) is 5.11. The molecule has 5 nitrogen and oxygen atoms in total. The second kappa shape index (κ2) is 7.89. The van der Waals surface area contributed by atoms with Crippen LogP contribution in [-0.2, 0) is 0 Å². The van der Waals surface area contributed by atoms with Gasteiger partial charge < -0.3 is 5.32 Å². The highest BCUT2D eigenvalue weighted by molar-refractivity contribution is 9.09. The minimum Gasteiger partial charge on any atom is -0.352 e. The summed E-state index contributed by atoms with van der Waals surface area (Å²) in [6.07, 6.45) is 1.92. The van der Waals surface area contributed by atoms with Gasteiger partial charge in [0.25, 0.3) is 11.6 Å². The molecule has 19 heavy (non-hydrogen) atoms. The molecular weight excluding hydrogens is 312 g/mol. The third-order valence-electron chi connectivity index (χ3n) is 2.74. The Balaban J connectivity index is 2.45. The number of hydrogen-bond donors (Lipinski definition) is 1. The summed E-state index contributed by atoms with van der Waals surface area (Å²) < 4.78 is 0. The number of amides is 1. The average molecular weight is 329 g/mol. The van der Waals surface area contributed by atoms with Gasteiger partial charge in [0.2, 0.25) is 0 Å². The lowest BCUT2D eigenvalue weighted by atomic mass is 10.1. The first-order valence-corrected chi connectivity index (χ1v) is 7.25. The smallest absolute Gasteiger partial charge is 0.270 e. The SMILES string of the molecule is CC(CBr)CCCNC(=O)c1cccc([N+](=O)[O-])c1. The van der Waals surface area contributed by atoms with E-state index < -0.39 is 4.92 Å². The molecule has 6 heteroatoms. The summed E-state index contributed by atoms with van der Waals surface area (Å²) in [6.45, 7) is 2.72. The van der Waals surface area contributed by atoms with Gasteiger partial charge in [-0.15, -0.1) is 0 Å². The molecule has 0 aliphatic heterocycles. The van der Waals surface area contributed by atoms with Gasteiger partial charge in [0.15, 0.2) is 0 Å². The molecule has 0 aliphatic rings. The minimum absolute atomic E-state index is 0.0689. The number of non-ortho nitro benzene ring substituents is 1. The molecule has 104 valence electrons. The number of nitro benzene ring substituents is 1. The van der Waals surface area contributed by atoms with Crippen molar-refractivity contribution in [3.05, 3.63) is 39.9 Å². The van der Waals surface area contributed by atoms with E-state index in [1.165, 1.54) is 18.2 Å². The highest BCUT2D eigenvalue weighted by Gasteiger charge is 2.10. The molecule has 1 unspecified atom stereocenters. The number of carbonyl (C=O) groups is 1. The zero-order chi connectivity index (χ0) is 14.3. The molecule has 0 fully saturated rings. The van der Waals surface area contributed by atoms with E-state index in [1.807, 2.05) is 0 Å². The van der Waals surface area contributed by atoms with Crippen LogP contribution in [0, 0.1) is 16.0 Å². The fourth-order valence-electron chi connectivity index (χ4n) is 1.59. The van der Waals surface area contributed by atoms with Crippen LogP contribution in [0.5, 0.6) is 0 Å². The Morgan fingerprint density at radius 2 is 2.26 bits per heavy atom. The summed E-state index contributed by atoms with van der Waals surface area (Å²) in [5.74, 6) is 0.310. The predicted molar refractivity (Wildman–Crippen MR) is 77.6 cm³/mol. The molecule has 0 spiro atoms. The van der Waals surface area contributed by atoms with Crippen LogP contribution in [0.15, 0.2) is 24.3 Å². The molecule has 1 aromatic rings. The maximum atomic E-state index is 11.8. The van der Waals surface area contributed by atoms with Crippen LogP contribution in [0.1, 0.15) is 30.1 Å². The van der Waals surface area contributed by atoms with Crippen LogP contribution in [-0.4, -0.2) is 22.7 Å². The van der Waals surface area contributed by atoms with Crippen molar-refractivity contribution in [3.8, 4) is 0 Å². The van der Waals surface area contributed by atoms with Crippen LogP contribution < -0.4 is 5.32 Å². The van der Waals surface area contributed by atoms with Gasteiger partial charge in [-0.3, -0.25) is 14.9 Å². The summed E-state index contributed by atoms with van der Waals surface area (Å²) in [4.78, 5) is 21.9. The first-order valence-electron chi connectivity index (χ1n) is 6.13. The van der Waals surface area contributed by atoms with Gasteiger partial charge in [-0.25, -0.2) is 0 Å². The van der Waals surface area contributed by atoms with Gasteiger partial charge in [0.1, 0.15) is 0 Å². The first kappa shape index (κ1) is 15.6. The number of benzene rings is 1. The van der Waals surface area contributed by atoms with E-state index in [9.17, 15) is 14.9 Å². The number of nitrogens with zero attached hydrogens (tertiary/aromatic N) is 1. The average Bonchev–Trinajstić information content (AvgIpc) is 2.43. The third kappa shape index (κ3) is 5.38. The predicted octanol–water partition coefficient (Wildman–Crippen LogP) is 3.14. The molecule has 0 aliphatic carbocycles. The van der Waals surface area contributed by atoms with Crippen LogP contribution >= 0.6 is 15.9 Å². The summed E-state index contributed by atoms with van der Waals surface area (Å²) in [7, 11) is 0. The highest BCUT2D eigenvalue weighted by Crippen LogP contribution is 2.13. The molecule has 1 atom stereocenters. The van der Waals surface area contributed by atoms with Crippen LogP contribution in [0.2, 0.25) is 0 Å². The largest absolute Gasteiger partial charge is 0.352 e. The number of halogens is 1. The van der Waals surface area contributed by atoms with E-state index in [4.69, 9.17) is 0 Å². The lowest BCUT2D eigenvalue weighted by molar-refractivity contribution is -0.384. The van der Waals surface area contributed by atoms with Gasteiger partial charge in [0.05, 0.1) is 4.92 Å². The van der Waals surface area contributed by atoms with E-state index >= 15 is 0 Å². The number of hydrogen-bond acceptors (Lipinski definition) is 3. The molecule has 1 amide bonds. The van der Waals surface area contributed by atoms with Crippen LogP contribution in [0.4, 0.5) is 5.69 Å². The quantitative estimate of drug-likeness (QED) is 0.361. The molecule has 0 radical (unpaired) electrons. The lowest BCUT2D eigenvalue weighted by Gasteiger charge is -2.08. The summed E-state index contributed by atoms with van der Waals surface area (Å²) in [6, 6.07) is 5.74. The molecule has 1 rings (SSSR count). The molecule has 0 saturated carbocycles. The number of nitrogens with one attached hydrogen (secondary N) is 1. The van der Waals surface area contributed by atoms with Gasteiger partial charge >= 0.3 is 0 Å². The lowest BCUT2D eigenvalue weighted by Crippen LogP contribution is -2.24. The fraction of sp³-hybridized carbons (Fsp3) is 0.462. The molecule has 0 aromatic heterocycles. The Hall–Kier alpha value is -1.43. The monoisotopic (exact) mass is 328 g/mol. The van der Waals surface area contributed by atoms with E-state index in [2.05, 4.69) is 28.2 Å². The maximum Gasteiger partial charge on any atom is 0.270 e. The van der Waals surface area contributed by atoms with E-state index in [-0.39, 0.29) is 11.6 Å². The Bertz CT molecular complexity index is 451. The number of rotatable bonds is 7. The van der Waals surface area contributed by atoms with E-state index in [0.717, 1.165) is 18.2 Å². The van der Waals surface area contributed by atoms with Crippen molar-refractivity contribution in [3.63, 3.8) is 0 Å². The fourth-order valence-corrected chi connectivity index (χ4v) is 1.92. The molecule has 1 aromatic carbocycles. The van der Waals surface area contributed by atoms with Crippen LogP contribution in [0.3, 0.4) is 0 Å². The molecular formula is C13H17BrN2O3. The minimum atomic E-state index is -0.505. The Kier molecular flexibility index (Phi) is 6.49. The third-order valence-corrected chi connectivity index (χ3v) is 3.85. The van der Waals surface area contributed by atoms with Gasteiger partial charge in [-0.2, -0.15) is 0 Å². The first-order chi connectivity index (χ1) is 9.04. The zero-order valence-corrected chi connectivity index (χ0v) is 12.4. The van der Waals surface area contributed by atoms with Gasteiger partial charge in [0, 0.05) is 29.6 Å². The van der Waals surface area contributed by atoms with Crippen molar-refractivity contribution in [1.29, 1.82) is 0 Å². The van der Waals surface area contributed by atoms with Crippen molar-refractivity contribution < 1.29 is 9.72 Å². The second-order valence-electron chi connectivity index (χ2n) is 4.47. The molecule has 0 heterocycles. The van der Waals surface area contributed by atoms with Crippen molar-refractivity contribution in [2.75, 3.05) is 11.9 Å². The topological polar surface area (TPSA) is 72.2 Å². The summed E-state index contributed by atoms with van der Waals surface area (Å²) >= 11 is 3.40. The molecule has 1 N–H and O–H groups in total.